The fourth-order valence-corrected chi connectivity index (χ4v) is 0.360. The smallest absolute Gasteiger partial charge is 0.123 e. The van der Waals surface area contributed by atoms with Crippen LogP contribution in [0.1, 0.15) is 27.7 Å². The summed E-state index contributed by atoms with van der Waals surface area (Å²) >= 11 is 0. The minimum Gasteiger partial charge on any atom is -0.354 e. The van der Waals surface area contributed by atoms with Crippen LogP contribution in [0.5, 0.6) is 0 Å². The molecule has 2 nitrogen and oxygen atoms in total. The van der Waals surface area contributed by atoms with Gasteiger partial charge in [0, 0.05) is 0 Å². The summed E-state index contributed by atoms with van der Waals surface area (Å²) in [5.41, 5.74) is -1.34. The highest BCUT2D eigenvalue weighted by molar-refractivity contribution is 5.18. The second-order valence-electron chi connectivity index (χ2n) is 3.51. The predicted molar refractivity (Wildman–Crippen MR) is 46.7 cm³/mol. The lowest BCUT2D eigenvalue weighted by Gasteiger charge is -2.18. The molecule has 0 atom stereocenters. The van der Waals surface area contributed by atoms with Crippen LogP contribution in [0.3, 0.4) is 0 Å². The van der Waals surface area contributed by atoms with E-state index in [1.54, 1.807) is 27.7 Å². The molecule has 0 aromatic carbocycles. The first-order valence-corrected chi connectivity index (χ1v) is 3.63. The molecule has 0 bridgehead atoms. The predicted octanol–water partition coefficient (Wildman–Crippen LogP) is 1.92. The molecule has 0 aromatic heterocycles. The van der Waals surface area contributed by atoms with Crippen molar-refractivity contribution in [2.24, 2.45) is 0 Å². The Morgan fingerprint density at radius 2 is 1.08 bits per heavy atom. The molecule has 0 fully saturated rings. The molecule has 0 spiro atoms. The van der Waals surface area contributed by atoms with E-state index < -0.39 is 11.2 Å². The Bertz CT molecular complexity index is 174. The molecule has 0 unspecified atom stereocenters. The summed E-state index contributed by atoms with van der Waals surface area (Å²) < 4.78 is 9.22. The number of ether oxygens (including phenoxy) is 2. The van der Waals surface area contributed by atoms with Crippen molar-refractivity contribution < 1.29 is 9.47 Å². The van der Waals surface area contributed by atoms with Crippen molar-refractivity contribution in [3.63, 3.8) is 0 Å². The van der Waals surface area contributed by atoms with E-state index in [4.69, 9.17) is 14.2 Å². The average molecular weight is 166 g/mol. The van der Waals surface area contributed by atoms with Crippen LogP contribution in [0.15, 0.2) is 0 Å². The Morgan fingerprint density at radius 1 is 0.833 bits per heavy atom. The van der Waals surface area contributed by atoms with Gasteiger partial charge in [-0.25, -0.2) is 0 Å². The SMILES string of the molecule is [CH]OC(C)(C)C#CC(C)(C)O[CH]. The van der Waals surface area contributed by atoms with E-state index in [2.05, 4.69) is 21.3 Å². The monoisotopic (exact) mass is 166 g/mol. The van der Waals surface area contributed by atoms with Crippen LogP contribution in [-0.4, -0.2) is 11.2 Å². The number of hydrogen-bond donors (Lipinski definition) is 0. The van der Waals surface area contributed by atoms with Gasteiger partial charge in [0.2, 0.25) is 0 Å². The Morgan fingerprint density at radius 3 is 1.25 bits per heavy atom. The normalized spacial score (nSPS) is 12.2. The summed E-state index contributed by atoms with van der Waals surface area (Å²) in [5.74, 6) is 5.60. The highest BCUT2D eigenvalue weighted by Gasteiger charge is 2.16. The minimum atomic E-state index is -0.671. The van der Waals surface area contributed by atoms with Gasteiger partial charge in [0.15, 0.2) is 0 Å². The maximum absolute atomic E-state index is 5.00. The molecule has 0 aromatic rings. The highest BCUT2D eigenvalue weighted by atomic mass is 16.5. The van der Waals surface area contributed by atoms with Gasteiger partial charge < -0.3 is 9.47 Å². The van der Waals surface area contributed by atoms with Gasteiger partial charge in [0.25, 0.3) is 0 Å². The largest absolute Gasteiger partial charge is 0.354 e. The maximum atomic E-state index is 5.00. The lowest BCUT2D eigenvalue weighted by Crippen LogP contribution is -2.23. The van der Waals surface area contributed by atoms with Crippen LogP contribution >= 0.6 is 0 Å². The lowest BCUT2D eigenvalue weighted by molar-refractivity contribution is 0.0976. The number of rotatable bonds is 2. The van der Waals surface area contributed by atoms with Gasteiger partial charge in [-0.15, -0.1) is 0 Å². The van der Waals surface area contributed by atoms with Crippen molar-refractivity contribution in [1.82, 2.24) is 0 Å². The van der Waals surface area contributed by atoms with Gasteiger partial charge in [-0.1, -0.05) is 11.8 Å². The van der Waals surface area contributed by atoms with Crippen molar-refractivity contribution >= 4 is 0 Å². The average Bonchev–Trinajstić information content (AvgIpc) is 2.02. The van der Waals surface area contributed by atoms with Crippen LogP contribution in [0.25, 0.3) is 0 Å². The molecule has 12 heavy (non-hydrogen) atoms. The van der Waals surface area contributed by atoms with E-state index in [0.29, 0.717) is 0 Å². The van der Waals surface area contributed by atoms with E-state index in [1.165, 1.54) is 0 Å². The molecular weight excluding hydrogens is 152 g/mol. The third kappa shape index (κ3) is 4.38. The van der Waals surface area contributed by atoms with E-state index >= 15 is 0 Å². The summed E-state index contributed by atoms with van der Waals surface area (Å²) in [4.78, 5) is 0. The summed E-state index contributed by atoms with van der Waals surface area (Å²) in [5, 5.41) is 0. The summed E-state index contributed by atoms with van der Waals surface area (Å²) in [6.07, 6.45) is 0. The van der Waals surface area contributed by atoms with Crippen LogP contribution in [0.2, 0.25) is 0 Å². The van der Waals surface area contributed by atoms with E-state index in [9.17, 15) is 0 Å². The zero-order valence-electron chi connectivity index (χ0n) is 7.97. The molecular formula is C10H14O2. The first kappa shape index (κ1) is 11.5. The number of hydrogen-bond acceptors (Lipinski definition) is 2. The molecule has 0 aliphatic carbocycles. The molecule has 0 amide bonds. The van der Waals surface area contributed by atoms with Gasteiger partial charge >= 0.3 is 0 Å². The van der Waals surface area contributed by atoms with E-state index in [1.807, 2.05) is 0 Å². The Balaban J connectivity index is 4.39. The summed E-state index contributed by atoms with van der Waals surface area (Å²) in [7, 11) is 10.0. The standard InChI is InChI=1S/C10H14O2/c1-9(2,11-5)7-8-10(3,4)12-6/h5-6H,1-4H3. The zero-order valence-corrected chi connectivity index (χ0v) is 7.97. The van der Waals surface area contributed by atoms with Gasteiger partial charge in [-0.05, 0) is 27.7 Å². The third-order valence-electron chi connectivity index (χ3n) is 1.25. The van der Waals surface area contributed by atoms with Crippen molar-refractivity contribution in [1.29, 1.82) is 0 Å². The van der Waals surface area contributed by atoms with Crippen LogP contribution in [0, 0.1) is 26.1 Å². The fourth-order valence-electron chi connectivity index (χ4n) is 0.360. The summed E-state index contributed by atoms with van der Waals surface area (Å²) in [6, 6.07) is 0. The second kappa shape index (κ2) is 3.93. The fraction of sp³-hybridized carbons (Fsp3) is 0.600. The summed E-state index contributed by atoms with van der Waals surface area (Å²) in [6.45, 7) is 7.03. The van der Waals surface area contributed by atoms with Gasteiger partial charge in [0.1, 0.15) is 25.4 Å². The Labute approximate surface area is 75.3 Å². The third-order valence-corrected chi connectivity index (χ3v) is 1.25. The second-order valence-corrected chi connectivity index (χ2v) is 3.51. The molecule has 0 aliphatic heterocycles. The van der Waals surface area contributed by atoms with Crippen LogP contribution in [0.4, 0.5) is 0 Å². The molecule has 4 radical (unpaired) electrons. The molecule has 0 saturated carbocycles. The first-order chi connectivity index (χ1) is 5.33. The Hall–Kier alpha value is -0.520. The van der Waals surface area contributed by atoms with Crippen molar-refractivity contribution in [2.75, 3.05) is 0 Å². The highest BCUT2D eigenvalue weighted by Crippen LogP contribution is 2.10. The Kier molecular flexibility index (Phi) is 3.76. The molecule has 0 rings (SSSR count). The molecule has 0 N–H and O–H groups in total. The quantitative estimate of drug-likeness (QED) is 0.583. The van der Waals surface area contributed by atoms with Crippen molar-refractivity contribution in [3.05, 3.63) is 14.2 Å². The maximum Gasteiger partial charge on any atom is 0.123 e. The van der Waals surface area contributed by atoms with Crippen molar-refractivity contribution in [2.45, 2.75) is 38.9 Å². The van der Waals surface area contributed by atoms with E-state index in [0.717, 1.165) is 0 Å². The van der Waals surface area contributed by atoms with Crippen LogP contribution < -0.4 is 0 Å². The molecule has 0 aliphatic rings. The van der Waals surface area contributed by atoms with Gasteiger partial charge in [0.05, 0.1) is 0 Å². The van der Waals surface area contributed by atoms with Crippen molar-refractivity contribution in [3.8, 4) is 11.8 Å². The molecule has 0 heterocycles. The molecule has 0 saturated heterocycles. The van der Waals surface area contributed by atoms with Gasteiger partial charge in [-0.2, -0.15) is 0 Å². The zero-order chi connectivity index (χ0) is 9.83. The minimum absolute atomic E-state index is 0.671. The van der Waals surface area contributed by atoms with Gasteiger partial charge in [-0.3, -0.25) is 0 Å². The first-order valence-electron chi connectivity index (χ1n) is 3.63. The molecule has 2 heteroatoms. The topological polar surface area (TPSA) is 18.5 Å². The van der Waals surface area contributed by atoms with E-state index in [-0.39, 0.29) is 0 Å². The van der Waals surface area contributed by atoms with Crippen LogP contribution in [-0.2, 0) is 9.47 Å². The molecule has 66 valence electrons. The lowest BCUT2D eigenvalue weighted by atomic mass is 10.1.